The van der Waals surface area contributed by atoms with Crippen LogP contribution in [0, 0.1) is 5.82 Å². The van der Waals surface area contributed by atoms with Gasteiger partial charge in [-0.25, -0.2) is 4.39 Å². The number of aromatic nitrogens is 4. The molecule has 1 atom stereocenters. The minimum Gasteiger partial charge on any atom is -0.347 e. The molecule has 0 aliphatic rings. The van der Waals surface area contributed by atoms with Crippen LogP contribution >= 0.6 is 0 Å². The zero-order valence-corrected chi connectivity index (χ0v) is 13.3. The molecule has 3 aromatic rings. The minimum absolute atomic E-state index is 0.163. The molecule has 0 aliphatic heterocycles. The van der Waals surface area contributed by atoms with Crippen LogP contribution in [0.15, 0.2) is 54.6 Å². The number of hydrogen-bond acceptors (Lipinski definition) is 4. The summed E-state index contributed by atoms with van der Waals surface area (Å²) in [5, 5.41) is 12.3. The Labute approximate surface area is 138 Å². The highest BCUT2D eigenvalue weighted by molar-refractivity contribution is 5.83. The predicted octanol–water partition coefficient (Wildman–Crippen LogP) is 2.16. The van der Waals surface area contributed by atoms with Gasteiger partial charge in [0.05, 0.1) is 0 Å². The summed E-state index contributed by atoms with van der Waals surface area (Å²) >= 11 is 0. The van der Waals surface area contributed by atoms with E-state index in [9.17, 15) is 9.18 Å². The summed E-state index contributed by atoms with van der Waals surface area (Å²) in [6.45, 7) is 0. The molecule has 0 aliphatic carbocycles. The fourth-order valence-electron chi connectivity index (χ4n) is 2.30. The van der Waals surface area contributed by atoms with E-state index in [0.717, 1.165) is 5.56 Å². The van der Waals surface area contributed by atoms with Gasteiger partial charge in [-0.05, 0) is 35.0 Å². The molecular formula is C17H16FN5O. The van der Waals surface area contributed by atoms with Crippen LogP contribution in [0.5, 0.6) is 0 Å². The van der Waals surface area contributed by atoms with Crippen LogP contribution in [0.3, 0.4) is 0 Å². The highest BCUT2D eigenvalue weighted by atomic mass is 19.1. The smallest absolute Gasteiger partial charge is 0.253 e. The Hall–Kier alpha value is -3.09. The van der Waals surface area contributed by atoms with Gasteiger partial charge in [0, 0.05) is 19.7 Å². The van der Waals surface area contributed by atoms with Crippen LogP contribution in [0.4, 0.5) is 4.39 Å². The van der Waals surface area contributed by atoms with Crippen molar-refractivity contribution in [3.63, 3.8) is 0 Å². The van der Waals surface area contributed by atoms with Crippen molar-refractivity contribution in [2.45, 2.75) is 6.04 Å². The van der Waals surface area contributed by atoms with Gasteiger partial charge in [0.1, 0.15) is 5.82 Å². The minimum atomic E-state index is -0.706. The topological polar surface area (TPSA) is 63.9 Å². The van der Waals surface area contributed by atoms with Crippen molar-refractivity contribution in [2.24, 2.45) is 0 Å². The molecule has 1 aromatic heterocycles. The lowest BCUT2D eigenvalue weighted by molar-refractivity contribution is -0.131. The molecule has 0 unspecified atom stereocenters. The predicted molar refractivity (Wildman–Crippen MR) is 86.5 cm³/mol. The third-order valence-electron chi connectivity index (χ3n) is 3.55. The molecule has 2 aromatic carbocycles. The van der Waals surface area contributed by atoms with Crippen molar-refractivity contribution >= 4 is 5.91 Å². The average Bonchev–Trinajstić information content (AvgIpc) is 3.06. The maximum Gasteiger partial charge on any atom is 0.253 e. The number of hydrogen-bond donors (Lipinski definition) is 0. The summed E-state index contributed by atoms with van der Waals surface area (Å²) in [5.74, 6) is -0.164. The molecule has 6 nitrogen and oxygen atoms in total. The Morgan fingerprint density at radius 1 is 1.08 bits per heavy atom. The quantitative estimate of drug-likeness (QED) is 0.737. The number of halogens is 1. The van der Waals surface area contributed by atoms with Gasteiger partial charge in [0.2, 0.25) is 5.82 Å². The number of tetrazole rings is 1. The van der Waals surface area contributed by atoms with E-state index in [4.69, 9.17) is 0 Å². The van der Waals surface area contributed by atoms with E-state index in [1.54, 1.807) is 26.2 Å². The molecule has 0 fully saturated rings. The van der Waals surface area contributed by atoms with Crippen LogP contribution in [-0.4, -0.2) is 45.1 Å². The van der Waals surface area contributed by atoms with Gasteiger partial charge < -0.3 is 4.90 Å². The number of benzene rings is 2. The van der Waals surface area contributed by atoms with Crippen molar-refractivity contribution in [1.29, 1.82) is 0 Å². The van der Waals surface area contributed by atoms with E-state index in [1.807, 2.05) is 30.3 Å². The maximum atomic E-state index is 13.0. The molecule has 0 N–H and O–H groups in total. The zero-order chi connectivity index (χ0) is 17.1. The van der Waals surface area contributed by atoms with Gasteiger partial charge in [-0.2, -0.15) is 0 Å². The maximum absolute atomic E-state index is 13.0. The Morgan fingerprint density at radius 2 is 1.75 bits per heavy atom. The number of carbonyl (C=O) groups excluding carboxylic acids is 1. The summed E-state index contributed by atoms with van der Waals surface area (Å²) in [5.41, 5.74) is 1.39. The van der Waals surface area contributed by atoms with Gasteiger partial charge >= 0.3 is 0 Å². The number of rotatable bonds is 4. The molecule has 0 spiro atoms. The monoisotopic (exact) mass is 325 g/mol. The first-order valence-corrected chi connectivity index (χ1v) is 7.38. The first kappa shape index (κ1) is 15.8. The second kappa shape index (κ2) is 6.57. The number of likely N-dealkylation sites (N-methyl/N-ethyl adjacent to an activating group) is 1. The van der Waals surface area contributed by atoms with Crippen molar-refractivity contribution < 1.29 is 9.18 Å². The Morgan fingerprint density at radius 3 is 2.38 bits per heavy atom. The lowest BCUT2D eigenvalue weighted by Crippen LogP contribution is -2.33. The van der Waals surface area contributed by atoms with Gasteiger partial charge in [0.15, 0.2) is 6.04 Å². The summed E-state index contributed by atoms with van der Waals surface area (Å²) < 4.78 is 13.0. The van der Waals surface area contributed by atoms with Crippen LogP contribution in [0.1, 0.15) is 11.6 Å². The SMILES string of the molecule is CN(C)C(=O)[C@H](c1ccccc1)n1nnc(-c2ccc(F)cc2)n1. The lowest BCUT2D eigenvalue weighted by atomic mass is 10.1. The highest BCUT2D eigenvalue weighted by Crippen LogP contribution is 2.20. The molecule has 122 valence electrons. The van der Waals surface area contributed by atoms with E-state index in [0.29, 0.717) is 11.4 Å². The molecule has 0 radical (unpaired) electrons. The van der Waals surface area contributed by atoms with Gasteiger partial charge in [-0.3, -0.25) is 4.79 Å². The number of nitrogens with zero attached hydrogens (tertiary/aromatic N) is 5. The molecule has 1 heterocycles. The molecule has 7 heteroatoms. The molecule has 0 saturated carbocycles. The van der Waals surface area contributed by atoms with Gasteiger partial charge in [0.25, 0.3) is 5.91 Å². The van der Waals surface area contributed by atoms with Gasteiger partial charge in [-0.15, -0.1) is 15.0 Å². The lowest BCUT2D eigenvalue weighted by Gasteiger charge is -2.19. The largest absolute Gasteiger partial charge is 0.347 e. The van der Waals surface area contributed by atoms with E-state index >= 15 is 0 Å². The second-order valence-electron chi connectivity index (χ2n) is 5.49. The summed E-state index contributed by atoms with van der Waals surface area (Å²) in [6, 6.07) is 14.4. The standard InChI is InChI=1S/C17H16FN5O/c1-22(2)17(24)15(12-6-4-3-5-7-12)23-20-16(19-21-23)13-8-10-14(18)11-9-13/h3-11,15H,1-2H3/t15-/m0/s1. The molecule has 3 rings (SSSR count). The third kappa shape index (κ3) is 3.15. The Bertz CT molecular complexity index is 830. The van der Waals surface area contributed by atoms with Crippen LogP contribution in [0.2, 0.25) is 0 Å². The summed E-state index contributed by atoms with van der Waals surface area (Å²) in [6.07, 6.45) is 0. The Balaban J connectivity index is 2.00. The normalized spacial score (nSPS) is 12.0. The number of carbonyl (C=O) groups is 1. The molecule has 0 saturated heterocycles. The number of amides is 1. The van der Waals surface area contributed by atoms with Crippen molar-refractivity contribution in [2.75, 3.05) is 14.1 Å². The fraction of sp³-hybridized carbons (Fsp3) is 0.176. The van der Waals surface area contributed by atoms with Crippen LogP contribution < -0.4 is 0 Å². The first-order valence-electron chi connectivity index (χ1n) is 7.38. The zero-order valence-electron chi connectivity index (χ0n) is 13.3. The van der Waals surface area contributed by atoms with Crippen molar-refractivity contribution in [3.8, 4) is 11.4 Å². The van der Waals surface area contributed by atoms with E-state index in [1.165, 1.54) is 21.8 Å². The Kier molecular flexibility index (Phi) is 4.33. The summed E-state index contributed by atoms with van der Waals surface area (Å²) in [4.78, 5) is 15.4. The van der Waals surface area contributed by atoms with E-state index in [2.05, 4.69) is 15.4 Å². The highest BCUT2D eigenvalue weighted by Gasteiger charge is 2.27. The van der Waals surface area contributed by atoms with Gasteiger partial charge in [-0.1, -0.05) is 30.3 Å². The molecule has 0 bridgehead atoms. The van der Waals surface area contributed by atoms with Crippen molar-refractivity contribution in [1.82, 2.24) is 25.1 Å². The fourth-order valence-corrected chi connectivity index (χ4v) is 2.30. The molecule has 24 heavy (non-hydrogen) atoms. The van der Waals surface area contributed by atoms with Crippen LogP contribution in [0.25, 0.3) is 11.4 Å². The van der Waals surface area contributed by atoms with E-state index in [-0.39, 0.29) is 11.7 Å². The van der Waals surface area contributed by atoms with Crippen molar-refractivity contribution in [3.05, 3.63) is 66.0 Å². The van der Waals surface area contributed by atoms with Crippen LogP contribution in [-0.2, 0) is 4.79 Å². The molecule has 1 amide bonds. The second-order valence-corrected chi connectivity index (χ2v) is 5.49. The third-order valence-corrected chi connectivity index (χ3v) is 3.55. The summed E-state index contributed by atoms with van der Waals surface area (Å²) in [7, 11) is 3.35. The average molecular weight is 325 g/mol. The van der Waals surface area contributed by atoms with E-state index < -0.39 is 6.04 Å². The molecular weight excluding hydrogens is 309 g/mol. The first-order chi connectivity index (χ1) is 11.6.